The Labute approximate surface area is 136 Å². The van der Waals surface area contributed by atoms with Crippen molar-refractivity contribution in [2.24, 2.45) is 0 Å². The first-order valence-electron chi connectivity index (χ1n) is 9.59. The molecule has 0 spiro atoms. The summed E-state index contributed by atoms with van der Waals surface area (Å²) in [5, 5.41) is 8.69. The number of carboxylic acids is 1. The van der Waals surface area contributed by atoms with E-state index in [1.165, 1.54) is 70.6 Å². The minimum atomic E-state index is -0.707. The van der Waals surface area contributed by atoms with Gasteiger partial charge in [-0.3, -0.25) is 4.79 Å². The molecule has 3 nitrogen and oxygen atoms in total. The Morgan fingerprint density at radius 1 is 0.864 bits per heavy atom. The normalized spacial score (nSPS) is 21.3. The van der Waals surface area contributed by atoms with Gasteiger partial charge >= 0.3 is 5.97 Å². The van der Waals surface area contributed by atoms with E-state index in [9.17, 15) is 4.79 Å². The molecule has 1 N–H and O–H groups in total. The van der Waals surface area contributed by atoms with Gasteiger partial charge in [-0.1, -0.05) is 71.1 Å². The molecule has 1 aliphatic heterocycles. The summed E-state index contributed by atoms with van der Waals surface area (Å²) >= 11 is 0. The lowest BCUT2D eigenvalue weighted by molar-refractivity contribution is -0.137. The zero-order valence-electron chi connectivity index (χ0n) is 14.5. The standard InChI is InChI=1S/C19H36O3/c1-2-3-4-5-6-7-8-9-10-11-12-17-13-14-18(22-17)15-16-19(20)21/h17-18H,2-16H2,1H3,(H,20,21). The maximum absolute atomic E-state index is 10.6. The zero-order chi connectivity index (χ0) is 16.0. The molecule has 1 fully saturated rings. The van der Waals surface area contributed by atoms with Crippen molar-refractivity contribution in [2.45, 2.75) is 115 Å². The van der Waals surface area contributed by atoms with Crippen LogP contribution in [0.3, 0.4) is 0 Å². The largest absolute Gasteiger partial charge is 0.481 e. The number of carbonyl (C=O) groups is 1. The average molecular weight is 312 g/mol. The molecule has 0 saturated carbocycles. The lowest BCUT2D eigenvalue weighted by Crippen LogP contribution is -2.12. The van der Waals surface area contributed by atoms with Crippen molar-refractivity contribution in [3.05, 3.63) is 0 Å². The van der Waals surface area contributed by atoms with Gasteiger partial charge in [-0.05, 0) is 25.7 Å². The molecule has 1 saturated heterocycles. The third-order valence-electron chi connectivity index (χ3n) is 4.76. The van der Waals surface area contributed by atoms with Gasteiger partial charge in [0, 0.05) is 6.42 Å². The van der Waals surface area contributed by atoms with Crippen LogP contribution in [0.4, 0.5) is 0 Å². The Bertz CT molecular complexity index is 278. The molecule has 130 valence electrons. The van der Waals surface area contributed by atoms with Gasteiger partial charge in [-0.15, -0.1) is 0 Å². The molecule has 2 unspecified atom stereocenters. The first-order chi connectivity index (χ1) is 10.7. The average Bonchev–Trinajstić information content (AvgIpc) is 2.95. The van der Waals surface area contributed by atoms with Gasteiger partial charge in [0.2, 0.25) is 0 Å². The second-order valence-electron chi connectivity index (χ2n) is 6.86. The highest BCUT2D eigenvalue weighted by atomic mass is 16.5. The Morgan fingerprint density at radius 2 is 1.36 bits per heavy atom. The van der Waals surface area contributed by atoms with Crippen LogP contribution < -0.4 is 0 Å². The maximum atomic E-state index is 10.6. The molecule has 0 aliphatic carbocycles. The molecular formula is C19H36O3. The molecule has 1 aliphatic rings. The van der Waals surface area contributed by atoms with Crippen LogP contribution in [0.1, 0.15) is 103 Å². The number of carboxylic acid groups (broad SMARTS) is 1. The van der Waals surface area contributed by atoms with Crippen LogP contribution in [-0.4, -0.2) is 23.3 Å². The molecule has 0 amide bonds. The highest BCUT2D eigenvalue weighted by Gasteiger charge is 2.24. The minimum absolute atomic E-state index is 0.198. The van der Waals surface area contributed by atoms with Crippen LogP contribution in [0, 0.1) is 0 Å². The van der Waals surface area contributed by atoms with Crippen molar-refractivity contribution in [3.8, 4) is 0 Å². The molecule has 0 aromatic rings. The molecule has 0 bridgehead atoms. The van der Waals surface area contributed by atoms with Crippen LogP contribution in [0.5, 0.6) is 0 Å². The molecule has 2 atom stereocenters. The highest BCUT2D eigenvalue weighted by molar-refractivity contribution is 5.66. The summed E-state index contributed by atoms with van der Waals surface area (Å²) in [7, 11) is 0. The molecule has 3 heteroatoms. The topological polar surface area (TPSA) is 46.5 Å². The van der Waals surface area contributed by atoms with Crippen molar-refractivity contribution < 1.29 is 14.6 Å². The highest BCUT2D eigenvalue weighted by Crippen LogP contribution is 2.26. The Balaban J connectivity index is 1.84. The summed E-state index contributed by atoms with van der Waals surface area (Å²) in [5.74, 6) is -0.707. The van der Waals surface area contributed by atoms with Crippen molar-refractivity contribution in [1.82, 2.24) is 0 Å². The summed E-state index contributed by atoms with van der Waals surface area (Å²) in [5.41, 5.74) is 0. The number of hydrogen-bond donors (Lipinski definition) is 1. The van der Waals surface area contributed by atoms with E-state index in [0.717, 1.165) is 12.8 Å². The van der Waals surface area contributed by atoms with E-state index in [2.05, 4.69) is 6.92 Å². The number of aliphatic carboxylic acids is 1. The van der Waals surface area contributed by atoms with E-state index in [0.29, 0.717) is 12.5 Å². The molecular weight excluding hydrogens is 276 g/mol. The second kappa shape index (κ2) is 12.9. The SMILES string of the molecule is CCCCCCCCCCCCC1CCC(CCC(=O)O)O1. The summed E-state index contributed by atoms with van der Waals surface area (Å²) in [4.78, 5) is 10.6. The lowest BCUT2D eigenvalue weighted by atomic mass is 10.0. The van der Waals surface area contributed by atoms with E-state index >= 15 is 0 Å². The van der Waals surface area contributed by atoms with Crippen LogP contribution in [0.25, 0.3) is 0 Å². The predicted molar refractivity (Wildman–Crippen MR) is 91.2 cm³/mol. The molecule has 1 heterocycles. The first-order valence-corrected chi connectivity index (χ1v) is 9.59. The quantitative estimate of drug-likeness (QED) is 0.418. The second-order valence-corrected chi connectivity index (χ2v) is 6.86. The van der Waals surface area contributed by atoms with Crippen molar-refractivity contribution in [2.75, 3.05) is 0 Å². The summed E-state index contributed by atoms with van der Waals surface area (Å²) < 4.78 is 5.93. The van der Waals surface area contributed by atoms with Crippen LogP contribution in [-0.2, 0) is 9.53 Å². The Kier molecular flexibility index (Phi) is 11.4. The molecule has 0 aromatic carbocycles. The third kappa shape index (κ3) is 10.2. The molecule has 0 aromatic heterocycles. The summed E-state index contributed by atoms with van der Waals surface area (Å²) in [6, 6.07) is 0. The van der Waals surface area contributed by atoms with Gasteiger partial charge in [0.1, 0.15) is 0 Å². The third-order valence-corrected chi connectivity index (χ3v) is 4.76. The van der Waals surface area contributed by atoms with Gasteiger partial charge in [0.25, 0.3) is 0 Å². The van der Waals surface area contributed by atoms with Gasteiger partial charge in [0.05, 0.1) is 12.2 Å². The smallest absolute Gasteiger partial charge is 0.303 e. The summed E-state index contributed by atoms with van der Waals surface area (Å²) in [6.07, 6.45) is 18.6. The van der Waals surface area contributed by atoms with Gasteiger partial charge < -0.3 is 9.84 Å². The zero-order valence-corrected chi connectivity index (χ0v) is 14.5. The Hall–Kier alpha value is -0.570. The van der Waals surface area contributed by atoms with E-state index < -0.39 is 5.97 Å². The van der Waals surface area contributed by atoms with E-state index in [-0.39, 0.29) is 12.5 Å². The fourth-order valence-corrected chi connectivity index (χ4v) is 3.35. The van der Waals surface area contributed by atoms with Crippen molar-refractivity contribution in [3.63, 3.8) is 0 Å². The lowest BCUT2D eigenvalue weighted by Gasteiger charge is -2.12. The van der Waals surface area contributed by atoms with E-state index in [1.54, 1.807) is 0 Å². The van der Waals surface area contributed by atoms with Crippen molar-refractivity contribution >= 4 is 5.97 Å². The number of rotatable bonds is 14. The predicted octanol–water partition coefficient (Wildman–Crippen LogP) is 5.71. The van der Waals surface area contributed by atoms with Crippen molar-refractivity contribution in [1.29, 1.82) is 0 Å². The Morgan fingerprint density at radius 3 is 1.91 bits per heavy atom. The number of ether oxygens (including phenoxy) is 1. The molecule has 1 rings (SSSR count). The fourth-order valence-electron chi connectivity index (χ4n) is 3.35. The van der Waals surface area contributed by atoms with Crippen LogP contribution in [0.15, 0.2) is 0 Å². The first kappa shape index (κ1) is 19.5. The number of unbranched alkanes of at least 4 members (excludes halogenated alkanes) is 9. The number of hydrogen-bond acceptors (Lipinski definition) is 2. The molecule has 22 heavy (non-hydrogen) atoms. The fraction of sp³-hybridized carbons (Fsp3) is 0.947. The molecule has 0 radical (unpaired) electrons. The van der Waals surface area contributed by atoms with Gasteiger partial charge in [-0.2, -0.15) is 0 Å². The van der Waals surface area contributed by atoms with Gasteiger partial charge in [-0.25, -0.2) is 0 Å². The van der Waals surface area contributed by atoms with Crippen LogP contribution >= 0.6 is 0 Å². The van der Waals surface area contributed by atoms with E-state index in [1.807, 2.05) is 0 Å². The monoisotopic (exact) mass is 312 g/mol. The van der Waals surface area contributed by atoms with E-state index in [4.69, 9.17) is 9.84 Å². The minimum Gasteiger partial charge on any atom is -0.481 e. The summed E-state index contributed by atoms with van der Waals surface area (Å²) in [6.45, 7) is 2.27. The van der Waals surface area contributed by atoms with Gasteiger partial charge in [0.15, 0.2) is 0 Å². The van der Waals surface area contributed by atoms with Crippen LogP contribution in [0.2, 0.25) is 0 Å². The maximum Gasteiger partial charge on any atom is 0.303 e.